The number of rotatable bonds is 1. The number of allylic oxidation sites excluding steroid dienone is 2. The molecular weight excluding hydrogens is 252 g/mol. The van der Waals surface area contributed by atoms with Crippen molar-refractivity contribution in [2.75, 3.05) is 0 Å². The summed E-state index contributed by atoms with van der Waals surface area (Å²) in [5.41, 5.74) is 0. The molecule has 5 aliphatic carbocycles. The van der Waals surface area contributed by atoms with Crippen molar-refractivity contribution in [3.05, 3.63) is 12.2 Å². The van der Waals surface area contributed by atoms with Crippen LogP contribution in [0, 0.1) is 47.3 Å². The quantitative estimate of drug-likeness (QED) is 0.531. The van der Waals surface area contributed by atoms with E-state index in [4.69, 9.17) is 0 Å². The highest BCUT2D eigenvalue weighted by atomic mass is 14.6. The van der Waals surface area contributed by atoms with Gasteiger partial charge < -0.3 is 0 Å². The van der Waals surface area contributed by atoms with E-state index < -0.39 is 0 Å². The lowest BCUT2D eigenvalue weighted by atomic mass is 9.51. The molecule has 21 heavy (non-hydrogen) atoms. The van der Waals surface area contributed by atoms with Crippen molar-refractivity contribution in [3.63, 3.8) is 0 Å². The fourth-order valence-electron chi connectivity index (χ4n) is 7.68. The Morgan fingerprint density at radius 3 is 1.81 bits per heavy atom. The van der Waals surface area contributed by atoms with E-state index in [2.05, 4.69) is 12.2 Å². The summed E-state index contributed by atoms with van der Waals surface area (Å²) in [6.07, 6.45) is 22.4. The van der Waals surface area contributed by atoms with E-state index in [0.29, 0.717) is 0 Å². The summed E-state index contributed by atoms with van der Waals surface area (Å²) in [7, 11) is 0. The summed E-state index contributed by atoms with van der Waals surface area (Å²) >= 11 is 0. The van der Waals surface area contributed by atoms with Gasteiger partial charge in [0.05, 0.1) is 0 Å². The van der Waals surface area contributed by atoms with E-state index in [1.165, 1.54) is 6.42 Å². The predicted molar refractivity (Wildman–Crippen MR) is 87.8 cm³/mol. The van der Waals surface area contributed by atoms with Gasteiger partial charge in [-0.2, -0.15) is 0 Å². The Morgan fingerprint density at radius 2 is 1.24 bits per heavy atom. The van der Waals surface area contributed by atoms with Crippen LogP contribution in [-0.4, -0.2) is 0 Å². The number of hydrogen-bond donors (Lipinski definition) is 0. The van der Waals surface area contributed by atoms with Crippen LogP contribution in [0.4, 0.5) is 0 Å². The van der Waals surface area contributed by atoms with Crippen molar-refractivity contribution >= 4 is 0 Å². The van der Waals surface area contributed by atoms with Gasteiger partial charge in [-0.3, -0.25) is 0 Å². The van der Waals surface area contributed by atoms with Gasteiger partial charge in [-0.15, -0.1) is 0 Å². The lowest BCUT2D eigenvalue weighted by molar-refractivity contribution is -0.0459. The third kappa shape index (κ3) is 2.07. The monoisotopic (exact) mass is 284 g/mol. The summed E-state index contributed by atoms with van der Waals surface area (Å²) in [6, 6.07) is 0. The molecule has 0 nitrogen and oxygen atoms in total. The van der Waals surface area contributed by atoms with Crippen molar-refractivity contribution in [1.82, 2.24) is 0 Å². The van der Waals surface area contributed by atoms with Gasteiger partial charge in [-0.1, -0.05) is 50.7 Å². The van der Waals surface area contributed by atoms with Crippen molar-refractivity contribution in [1.29, 1.82) is 0 Å². The van der Waals surface area contributed by atoms with Gasteiger partial charge in [0.1, 0.15) is 0 Å². The molecule has 0 heterocycles. The first kappa shape index (κ1) is 13.2. The first-order chi connectivity index (χ1) is 10.4. The van der Waals surface area contributed by atoms with E-state index in [0.717, 1.165) is 47.3 Å². The van der Waals surface area contributed by atoms with E-state index in [1.54, 1.807) is 64.2 Å². The molecule has 0 aliphatic heterocycles. The van der Waals surface area contributed by atoms with Gasteiger partial charge in [-0.25, -0.2) is 0 Å². The summed E-state index contributed by atoms with van der Waals surface area (Å²) < 4.78 is 0. The zero-order valence-corrected chi connectivity index (χ0v) is 13.6. The van der Waals surface area contributed by atoms with Gasteiger partial charge in [0.2, 0.25) is 0 Å². The van der Waals surface area contributed by atoms with Crippen molar-refractivity contribution in [2.24, 2.45) is 47.3 Å². The van der Waals surface area contributed by atoms with Gasteiger partial charge >= 0.3 is 0 Å². The molecule has 0 saturated heterocycles. The topological polar surface area (TPSA) is 0 Å². The van der Waals surface area contributed by atoms with Crippen LogP contribution in [0.15, 0.2) is 12.2 Å². The Kier molecular flexibility index (Phi) is 3.23. The Hall–Kier alpha value is -0.260. The maximum atomic E-state index is 2.63. The highest BCUT2D eigenvalue weighted by Gasteiger charge is 2.52. The van der Waals surface area contributed by atoms with E-state index in [-0.39, 0.29) is 0 Å². The van der Waals surface area contributed by atoms with Crippen LogP contribution in [0.5, 0.6) is 0 Å². The minimum absolute atomic E-state index is 0.978. The van der Waals surface area contributed by atoms with Crippen molar-refractivity contribution < 1.29 is 0 Å². The first-order valence-electron chi connectivity index (χ1n) is 10.1. The lowest BCUT2D eigenvalue weighted by Gasteiger charge is -2.54. The summed E-state index contributed by atoms with van der Waals surface area (Å²) in [5.74, 6) is 8.73. The fraction of sp³-hybridized carbons (Fsp3) is 0.905. The molecule has 2 bridgehead atoms. The maximum absolute atomic E-state index is 2.63. The van der Waals surface area contributed by atoms with Crippen LogP contribution in [0.3, 0.4) is 0 Å². The van der Waals surface area contributed by atoms with Crippen molar-refractivity contribution in [2.45, 2.75) is 70.6 Å². The lowest BCUT2D eigenvalue weighted by Crippen LogP contribution is -2.46. The second-order valence-corrected chi connectivity index (χ2v) is 9.17. The zero-order valence-electron chi connectivity index (χ0n) is 13.6. The number of fused-ring (bicyclic) bond motifs is 4. The summed E-state index contributed by atoms with van der Waals surface area (Å²) in [6.45, 7) is 0. The molecule has 7 atom stereocenters. The molecule has 4 saturated carbocycles. The van der Waals surface area contributed by atoms with E-state index in [1.807, 2.05) is 0 Å². The third-order valence-corrected chi connectivity index (χ3v) is 8.35. The SMILES string of the molecule is C1=CC2CC1CC2C1C2CCCCC2CC2CCCCC21. The molecule has 0 spiro atoms. The minimum Gasteiger partial charge on any atom is -0.0851 e. The van der Waals surface area contributed by atoms with Crippen LogP contribution in [0.25, 0.3) is 0 Å². The summed E-state index contributed by atoms with van der Waals surface area (Å²) in [4.78, 5) is 0. The Labute approximate surface area is 130 Å². The molecule has 0 heteroatoms. The van der Waals surface area contributed by atoms with Crippen LogP contribution < -0.4 is 0 Å². The van der Waals surface area contributed by atoms with Gasteiger partial charge in [0.15, 0.2) is 0 Å². The first-order valence-corrected chi connectivity index (χ1v) is 10.1. The molecule has 5 rings (SSSR count). The van der Waals surface area contributed by atoms with Gasteiger partial charge in [0, 0.05) is 0 Å². The Morgan fingerprint density at radius 1 is 0.571 bits per heavy atom. The van der Waals surface area contributed by atoms with Crippen molar-refractivity contribution in [3.8, 4) is 0 Å². The average Bonchev–Trinajstić information content (AvgIpc) is 3.15. The Bertz CT molecular complexity index is 400. The van der Waals surface area contributed by atoms with Gasteiger partial charge in [-0.05, 0) is 79.4 Å². The molecule has 0 aromatic rings. The molecule has 7 unspecified atom stereocenters. The predicted octanol–water partition coefficient (Wildman–Crippen LogP) is 5.83. The second-order valence-electron chi connectivity index (χ2n) is 9.17. The second kappa shape index (κ2) is 5.14. The van der Waals surface area contributed by atoms with E-state index >= 15 is 0 Å². The van der Waals surface area contributed by atoms with Crippen LogP contribution in [0.2, 0.25) is 0 Å². The third-order valence-electron chi connectivity index (χ3n) is 8.35. The molecule has 0 aromatic carbocycles. The molecule has 0 amide bonds. The molecule has 116 valence electrons. The highest BCUT2D eigenvalue weighted by Crippen LogP contribution is 2.60. The maximum Gasteiger partial charge on any atom is -0.0196 e. The zero-order chi connectivity index (χ0) is 13.8. The standard InChI is InChI=1S/C21H32/c1-3-7-18-15(5-1)13-16-6-2-4-8-19(16)21(18)20-12-14-9-10-17(20)11-14/h9-10,14-21H,1-8,11-13H2. The molecule has 4 fully saturated rings. The van der Waals surface area contributed by atoms with E-state index in [9.17, 15) is 0 Å². The van der Waals surface area contributed by atoms with Crippen LogP contribution >= 0.6 is 0 Å². The smallest absolute Gasteiger partial charge is 0.0196 e. The average molecular weight is 284 g/mol. The summed E-state index contributed by atoms with van der Waals surface area (Å²) in [5, 5.41) is 0. The van der Waals surface area contributed by atoms with Crippen LogP contribution in [-0.2, 0) is 0 Å². The minimum atomic E-state index is 0.978. The van der Waals surface area contributed by atoms with Crippen LogP contribution in [0.1, 0.15) is 70.6 Å². The van der Waals surface area contributed by atoms with Gasteiger partial charge in [0.25, 0.3) is 0 Å². The highest BCUT2D eigenvalue weighted by molar-refractivity contribution is 5.13. The number of hydrogen-bond acceptors (Lipinski definition) is 0. The molecule has 5 aliphatic rings. The molecular formula is C21H32. The molecule has 0 radical (unpaired) electrons. The normalized spacial score (nSPS) is 55.2. The molecule has 0 N–H and O–H groups in total. The molecule has 0 aromatic heterocycles. The largest absolute Gasteiger partial charge is 0.0851 e. The fourth-order valence-corrected chi connectivity index (χ4v) is 7.68. The Balaban J connectivity index is 1.47.